The van der Waals surface area contributed by atoms with E-state index in [1.54, 1.807) is 65.8 Å². The molecule has 44 heavy (non-hydrogen) atoms. The maximum absolute atomic E-state index is 14.4. The van der Waals surface area contributed by atoms with Gasteiger partial charge in [0, 0.05) is 11.3 Å². The van der Waals surface area contributed by atoms with Crippen LogP contribution in [0.15, 0.2) is 30.4 Å². The fourth-order valence-electron chi connectivity index (χ4n) is 8.71. The highest BCUT2D eigenvalue weighted by atomic mass is 16.6. The monoisotopic (exact) mass is 604 g/mol. The smallest absolute Gasteiger partial charge is 0.317 e. The molecule has 4 unspecified atom stereocenters. The van der Waals surface area contributed by atoms with E-state index in [1.807, 2.05) is 0 Å². The second-order valence-corrected chi connectivity index (χ2v) is 14.8. The molecular formula is C35H40O9. The van der Waals surface area contributed by atoms with Gasteiger partial charge in [0.15, 0.2) is 28.7 Å². The topological polar surface area (TPSA) is 152 Å². The van der Waals surface area contributed by atoms with Crippen LogP contribution in [0.2, 0.25) is 0 Å². The first-order chi connectivity index (χ1) is 20.2. The average Bonchev–Trinajstić information content (AvgIpc) is 3.35. The summed E-state index contributed by atoms with van der Waals surface area (Å²) < 4.78 is 5.64. The third-order valence-electron chi connectivity index (χ3n) is 10.1. The van der Waals surface area contributed by atoms with Gasteiger partial charge in [-0.1, -0.05) is 52.0 Å². The molecule has 0 bridgehead atoms. The summed E-state index contributed by atoms with van der Waals surface area (Å²) in [6.07, 6.45) is 5.20. The van der Waals surface area contributed by atoms with Crippen LogP contribution in [-0.2, 0) is 35.1 Å². The minimum Gasteiger partial charge on any atom is -0.507 e. The van der Waals surface area contributed by atoms with Crippen LogP contribution in [0.1, 0.15) is 83.3 Å². The van der Waals surface area contributed by atoms with Crippen molar-refractivity contribution in [1.29, 1.82) is 0 Å². The Morgan fingerprint density at radius 2 is 1.68 bits per heavy atom. The zero-order valence-corrected chi connectivity index (χ0v) is 26.4. The zero-order valence-electron chi connectivity index (χ0n) is 26.4. The number of aliphatic hydroxyl groups is 1. The lowest BCUT2D eigenvalue weighted by molar-refractivity contribution is -0.205. The second kappa shape index (κ2) is 9.89. The summed E-state index contributed by atoms with van der Waals surface area (Å²) >= 11 is 0. The number of ketones is 5. The third-order valence-corrected chi connectivity index (χ3v) is 10.1. The zero-order chi connectivity index (χ0) is 32.9. The molecule has 2 saturated carbocycles. The largest absolute Gasteiger partial charge is 0.507 e. The van der Waals surface area contributed by atoms with Crippen molar-refractivity contribution in [2.75, 3.05) is 0 Å². The predicted octanol–water partition coefficient (Wildman–Crippen LogP) is 4.00. The summed E-state index contributed by atoms with van der Waals surface area (Å²) in [5, 5.41) is 23.1. The van der Waals surface area contributed by atoms with E-state index in [1.165, 1.54) is 13.0 Å². The van der Waals surface area contributed by atoms with Crippen molar-refractivity contribution in [2.45, 2.75) is 79.4 Å². The molecule has 4 aliphatic rings. The molecule has 5 rings (SSSR count). The van der Waals surface area contributed by atoms with Gasteiger partial charge < -0.3 is 14.9 Å². The van der Waals surface area contributed by atoms with E-state index in [0.717, 1.165) is 6.92 Å². The molecule has 0 amide bonds. The highest BCUT2D eigenvalue weighted by Gasteiger charge is 2.76. The average molecular weight is 605 g/mol. The van der Waals surface area contributed by atoms with Gasteiger partial charge in [-0.15, -0.1) is 0 Å². The molecule has 2 fully saturated rings. The number of fused-ring (bicyclic) bond motifs is 3. The second-order valence-electron chi connectivity index (χ2n) is 14.8. The number of benzene rings is 1. The molecule has 0 radical (unpaired) electrons. The van der Waals surface area contributed by atoms with Crippen molar-refractivity contribution in [1.82, 2.24) is 0 Å². The first kappa shape index (κ1) is 31.7. The number of carbonyl (C=O) groups excluding carboxylic acids is 6. The van der Waals surface area contributed by atoms with Gasteiger partial charge in [-0.3, -0.25) is 28.8 Å². The lowest BCUT2D eigenvalue weighted by Crippen LogP contribution is -2.76. The van der Waals surface area contributed by atoms with Gasteiger partial charge in [-0.05, 0) is 74.6 Å². The maximum Gasteiger partial charge on any atom is 0.317 e. The molecule has 2 N–H and O–H groups in total. The molecule has 7 atom stereocenters. The number of allylic oxidation sites excluding steroid dienone is 2. The van der Waals surface area contributed by atoms with Crippen LogP contribution >= 0.6 is 0 Å². The lowest BCUT2D eigenvalue weighted by Gasteiger charge is -2.62. The minimum atomic E-state index is -2.75. The summed E-state index contributed by atoms with van der Waals surface area (Å²) in [6, 6.07) is 2.96. The van der Waals surface area contributed by atoms with Gasteiger partial charge in [-0.25, -0.2) is 0 Å². The summed E-state index contributed by atoms with van der Waals surface area (Å²) in [4.78, 5) is 82.0. The van der Waals surface area contributed by atoms with Crippen molar-refractivity contribution >= 4 is 40.5 Å². The number of rotatable bonds is 4. The van der Waals surface area contributed by atoms with Gasteiger partial charge in [0.05, 0.1) is 11.5 Å². The van der Waals surface area contributed by atoms with E-state index in [4.69, 9.17) is 4.74 Å². The summed E-state index contributed by atoms with van der Waals surface area (Å²) in [7, 11) is 0. The van der Waals surface area contributed by atoms with Gasteiger partial charge in [0.1, 0.15) is 29.0 Å². The molecule has 9 heteroatoms. The van der Waals surface area contributed by atoms with Crippen LogP contribution in [0.3, 0.4) is 0 Å². The molecule has 4 aliphatic carbocycles. The molecule has 0 aliphatic heterocycles. The quantitative estimate of drug-likeness (QED) is 0.384. The van der Waals surface area contributed by atoms with Crippen molar-refractivity contribution in [2.24, 2.45) is 40.4 Å². The Morgan fingerprint density at radius 1 is 1.05 bits per heavy atom. The number of phenols is 1. The van der Waals surface area contributed by atoms with E-state index in [2.05, 4.69) is 0 Å². The Morgan fingerprint density at radius 3 is 2.25 bits per heavy atom. The Hall–Kier alpha value is -3.72. The van der Waals surface area contributed by atoms with Gasteiger partial charge in [0.25, 0.3) is 0 Å². The minimum absolute atomic E-state index is 0.0507. The fraction of sp³-hybridized carbons (Fsp3) is 0.543. The van der Waals surface area contributed by atoms with E-state index in [0.29, 0.717) is 16.7 Å². The highest BCUT2D eigenvalue weighted by Crippen LogP contribution is 2.64. The molecule has 0 heterocycles. The van der Waals surface area contributed by atoms with E-state index in [-0.39, 0.29) is 24.2 Å². The maximum atomic E-state index is 14.4. The third kappa shape index (κ3) is 4.22. The number of carbonyl (C=O) groups is 6. The predicted molar refractivity (Wildman–Crippen MR) is 159 cm³/mol. The number of hydrogen-bond donors (Lipinski definition) is 2. The number of phenolic OH excluding ortho intramolecular Hbond substituents is 1. The number of Topliss-reactive ketones (excluding diaryl/α,β-unsaturated/α-hetero) is 5. The molecule has 0 saturated heterocycles. The van der Waals surface area contributed by atoms with Gasteiger partial charge >= 0.3 is 5.97 Å². The van der Waals surface area contributed by atoms with Crippen LogP contribution in [0.5, 0.6) is 5.75 Å². The van der Waals surface area contributed by atoms with Crippen molar-refractivity contribution in [3.63, 3.8) is 0 Å². The molecule has 9 nitrogen and oxygen atoms in total. The molecule has 1 aromatic carbocycles. The number of ether oxygens (including phenoxy) is 1. The standard InChI is InChI=1S/C35H40O9/c1-16(2)25-27(38)23(17(3)36)29(40)35(43)30(41)26-28(39)24-21(14-33(26,7)15-34(25,35)8)19(12-13-22(24)37)18-10-9-11-20(18)31(42)44-32(4,5)6/h9-13,16,20,23,25-26,37,43H,14-15H2,1-8H3/t20?,23?,25?,26?,33-,34-,35+/m1/s1. The van der Waals surface area contributed by atoms with E-state index >= 15 is 0 Å². The Kier molecular flexibility index (Phi) is 7.13. The molecule has 1 aromatic rings. The molecule has 0 aromatic heterocycles. The molecule has 234 valence electrons. The SMILES string of the molecule is CC(=O)C1C(=O)C(C(C)C)[C@@]2(C)C[C@@]3(C)Cc4c(C5=CC=CC5C(=O)OC(C)(C)C)ccc(O)c4C(=O)C3C(=O)[C@@]2(O)C1=O. The van der Waals surface area contributed by atoms with E-state index in [9.17, 15) is 39.0 Å². The first-order valence-corrected chi connectivity index (χ1v) is 15.1. The van der Waals surface area contributed by atoms with Crippen molar-refractivity contribution in [3.05, 3.63) is 47.1 Å². The fourth-order valence-corrected chi connectivity index (χ4v) is 8.71. The number of esters is 1. The highest BCUT2D eigenvalue weighted by molar-refractivity contribution is 6.32. The van der Waals surface area contributed by atoms with Crippen molar-refractivity contribution < 1.29 is 43.7 Å². The summed E-state index contributed by atoms with van der Waals surface area (Å²) in [5.74, 6) is -10.7. The Bertz CT molecular complexity index is 1600. The number of aromatic hydroxyl groups is 1. The Labute approximate surface area is 256 Å². The van der Waals surface area contributed by atoms with Crippen LogP contribution in [0.4, 0.5) is 0 Å². The Balaban J connectivity index is 1.67. The number of hydrogen-bond acceptors (Lipinski definition) is 9. The van der Waals surface area contributed by atoms with Crippen molar-refractivity contribution in [3.8, 4) is 5.75 Å². The molecular weight excluding hydrogens is 564 g/mol. The summed E-state index contributed by atoms with van der Waals surface area (Å²) in [5.41, 5.74) is -4.82. The van der Waals surface area contributed by atoms with Crippen LogP contribution in [-0.4, -0.2) is 56.3 Å². The van der Waals surface area contributed by atoms with Gasteiger partial charge in [-0.2, -0.15) is 0 Å². The van der Waals surface area contributed by atoms with E-state index < -0.39 is 86.5 Å². The first-order valence-electron chi connectivity index (χ1n) is 15.1. The lowest BCUT2D eigenvalue weighted by atomic mass is 9.39. The normalized spacial score (nSPS) is 34.8. The van der Waals surface area contributed by atoms with Crippen LogP contribution in [0.25, 0.3) is 5.57 Å². The van der Waals surface area contributed by atoms with Crippen LogP contribution in [0, 0.1) is 40.4 Å². The molecule has 0 spiro atoms. The van der Waals surface area contributed by atoms with Gasteiger partial charge in [0.2, 0.25) is 0 Å². The van der Waals surface area contributed by atoms with Crippen LogP contribution < -0.4 is 0 Å². The summed E-state index contributed by atoms with van der Waals surface area (Å²) in [6.45, 7) is 13.1.